The summed E-state index contributed by atoms with van der Waals surface area (Å²) >= 11 is 0. The molecular formula is C19H25N3O2. The largest absolute Gasteiger partial charge is 0.507 e. The second-order valence-electron chi connectivity index (χ2n) is 6.93. The number of aliphatic hydroxyl groups excluding tert-OH is 1. The number of hydrogen-bond acceptors (Lipinski definition) is 5. The van der Waals surface area contributed by atoms with Gasteiger partial charge in [0.25, 0.3) is 0 Å². The molecule has 2 atom stereocenters. The zero-order valence-corrected chi connectivity index (χ0v) is 14.5. The molecule has 5 nitrogen and oxygen atoms in total. The van der Waals surface area contributed by atoms with Crippen LogP contribution in [0.2, 0.25) is 0 Å². The van der Waals surface area contributed by atoms with Gasteiger partial charge in [-0.15, -0.1) is 5.10 Å². The normalized spacial score (nSPS) is 20.1. The Bertz CT molecular complexity index is 733. The summed E-state index contributed by atoms with van der Waals surface area (Å²) in [4.78, 5) is 2.25. The molecule has 2 N–H and O–H groups in total. The summed E-state index contributed by atoms with van der Waals surface area (Å²) in [7, 11) is 2.08. The Labute approximate surface area is 143 Å². The van der Waals surface area contributed by atoms with E-state index in [1.165, 1.54) is 0 Å². The minimum atomic E-state index is -0.598. The summed E-state index contributed by atoms with van der Waals surface area (Å²) in [5, 5.41) is 29.4. The van der Waals surface area contributed by atoms with Crippen LogP contribution in [-0.4, -0.2) is 45.4 Å². The van der Waals surface area contributed by atoms with Crippen molar-refractivity contribution in [1.29, 1.82) is 0 Å². The molecule has 1 aromatic carbocycles. The summed E-state index contributed by atoms with van der Waals surface area (Å²) in [6.07, 6.45) is 1.51. The van der Waals surface area contributed by atoms with Gasteiger partial charge in [0.2, 0.25) is 0 Å². The summed E-state index contributed by atoms with van der Waals surface area (Å²) in [5.74, 6) is 0.394. The molecule has 1 aliphatic rings. The molecule has 2 heterocycles. The fourth-order valence-electron chi connectivity index (χ4n) is 3.46. The van der Waals surface area contributed by atoms with E-state index in [0.29, 0.717) is 17.0 Å². The average Bonchev–Trinajstić information content (AvgIpc) is 2.55. The van der Waals surface area contributed by atoms with Gasteiger partial charge in [-0.3, -0.25) is 0 Å². The third kappa shape index (κ3) is 3.42. The molecule has 0 spiro atoms. The van der Waals surface area contributed by atoms with E-state index >= 15 is 0 Å². The number of piperidine rings is 1. The average molecular weight is 327 g/mol. The highest BCUT2D eigenvalue weighted by Crippen LogP contribution is 2.33. The molecule has 1 unspecified atom stereocenters. The summed E-state index contributed by atoms with van der Waals surface area (Å²) < 4.78 is 0. The monoisotopic (exact) mass is 327 g/mol. The first-order chi connectivity index (χ1) is 11.5. The number of nitrogens with zero attached hydrogens (tertiary/aromatic N) is 3. The lowest BCUT2D eigenvalue weighted by Gasteiger charge is -2.32. The van der Waals surface area contributed by atoms with Gasteiger partial charge in [0.15, 0.2) is 0 Å². The van der Waals surface area contributed by atoms with Gasteiger partial charge in [-0.2, -0.15) is 5.10 Å². The van der Waals surface area contributed by atoms with Crippen LogP contribution in [-0.2, 0) is 0 Å². The maximum Gasteiger partial charge on any atom is 0.125 e. The van der Waals surface area contributed by atoms with Gasteiger partial charge in [0.05, 0.1) is 11.4 Å². The van der Waals surface area contributed by atoms with Gasteiger partial charge in [-0.05, 0) is 69.6 Å². The molecule has 1 saturated heterocycles. The number of aromatic hydroxyl groups is 1. The van der Waals surface area contributed by atoms with E-state index < -0.39 is 6.10 Å². The van der Waals surface area contributed by atoms with Gasteiger partial charge in [0, 0.05) is 18.0 Å². The molecule has 1 aliphatic heterocycles. The first-order valence-corrected chi connectivity index (χ1v) is 8.46. The maximum absolute atomic E-state index is 10.7. The molecule has 1 aromatic heterocycles. The topological polar surface area (TPSA) is 69.5 Å². The third-order valence-electron chi connectivity index (χ3n) is 4.82. The molecule has 128 valence electrons. The van der Waals surface area contributed by atoms with E-state index in [4.69, 9.17) is 0 Å². The number of rotatable bonds is 3. The second-order valence-corrected chi connectivity index (χ2v) is 6.93. The van der Waals surface area contributed by atoms with Crippen LogP contribution < -0.4 is 0 Å². The molecule has 0 aliphatic carbocycles. The van der Waals surface area contributed by atoms with Crippen LogP contribution in [0.5, 0.6) is 5.75 Å². The predicted octanol–water partition coefficient (Wildman–Crippen LogP) is 2.84. The first kappa shape index (κ1) is 16.9. The molecule has 0 radical (unpaired) electrons. The number of aliphatic hydroxyl groups is 1. The molecule has 0 bridgehead atoms. The Morgan fingerprint density at radius 3 is 2.67 bits per heavy atom. The van der Waals surface area contributed by atoms with Crippen molar-refractivity contribution < 1.29 is 10.2 Å². The molecule has 24 heavy (non-hydrogen) atoms. The maximum atomic E-state index is 10.7. The zero-order valence-electron chi connectivity index (χ0n) is 14.5. The molecule has 0 saturated carbocycles. The number of aryl methyl sites for hydroxylation is 2. The molecule has 2 aromatic rings. The summed E-state index contributed by atoms with van der Waals surface area (Å²) in [5.41, 5.74) is 3.84. The van der Waals surface area contributed by atoms with Crippen LogP contribution in [0, 0.1) is 19.8 Å². The van der Waals surface area contributed by atoms with Crippen molar-refractivity contribution in [2.24, 2.45) is 5.92 Å². The lowest BCUT2D eigenvalue weighted by Crippen LogP contribution is -2.35. The standard InChI is InChI=1S/C19H25N3O2/c1-12-6-7-15(17(23)9-12)18-13(2)10-16(20-21-18)19(24)14-5-4-8-22(3)11-14/h6-7,9-10,14,19,23-24H,4-5,8,11H2,1-3H3/t14-,19?/m1/s1. The fraction of sp³-hybridized carbons (Fsp3) is 0.474. The summed E-state index contributed by atoms with van der Waals surface area (Å²) in [6.45, 7) is 5.83. The van der Waals surface area contributed by atoms with Crippen LogP contribution in [0.15, 0.2) is 24.3 Å². The lowest BCUT2D eigenvalue weighted by atomic mass is 9.90. The molecular weight excluding hydrogens is 302 g/mol. The van der Waals surface area contributed by atoms with Crippen molar-refractivity contribution in [3.8, 4) is 17.0 Å². The Morgan fingerprint density at radius 2 is 2.00 bits per heavy atom. The van der Waals surface area contributed by atoms with Crippen molar-refractivity contribution in [2.45, 2.75) is 32.8 Å². The minimum Gasteiger partial charge on any atom is -0.507 e. The van der Waals surface area contributed by atoms with E-state index in [1.807, 2.05) is 32.0 Å². The SMILES string of the molecule is Cc1ccc(-c2nnc(C(O)[C@@H]3CCCN(C)C3)cc2C)c(O)c1. The van der Waals surface area contributed by atoms with E-state index in [0.717, 1.165) is 37.1 Å². The van der Waals surface area contributed by atoms with E-state index in [9.17, 15) is 10.2 Å². The molecule has 5 heteroatoms. The second kappa shape index (κ2) is 6.87. The lowest BCUT2D eigenvalue weighted by molar-refractivity contribution is 0.0556. The van der Waals surface area contributed by atoms with E-state index in [2.05, 4.69) is 22.1 Å². The van der Waals surface area contributed by atoms with Crippen molar-refractivity contribution in [1.82, 2.24) is 15.1 Å². The van der Waals surface area contributed by atoms with E-state index in [-0.39, 0.29) is 11.7 Å². The number of likely N-dealkylation sites (tertiary alicyclic amines) is 1. The van der Waals surface area contributed by atoms with Crippen molar-refractivity contribution in [2.75, 3.05) is 20.1 Å². The van der Waals surface area contributed by atoms with Crippen molar-refractivity contribution >= 4 is 0 Å². The molecule has 0 amide bonds. The highest BCUT2D eigenvalue weighted by atomic mass is 16.3. The fourth-order valence-corrected chi connectivity index (χ4v) is 3.46. The van der Waals surface area contributed by atoms with Crippen LogP contribution >= 0.6 is 0 Å². The predicted molar refractivity (Wildman–Crippen MR) is 93.8 cm³/mol. The van der Waals surface area contributed by atoms with Crippen LogP contribution in [0.1, 0.15) is 35.8 Å². The number of hydrogen-bond donors (Lipinski definition) is 2. The number of aromatic nitrogens is 2. The Kier molecular flexibility index (Phi) is 4.83. The highest BCUT2D eigenvalue weighted by Gasteiger charge is 2.27. The Balaban J connectivity index is 1.86. The quantitative estimate of drug-likeness (QED) is 0.907. The van der Waals surface area contributed by atoms with Crippen molar-refractivity contribution in [3.05, 3.63) is 41.1 Å². The Hall–Kier alpha value is -1.98. The first-order valence-electron chi connectivity index (χ1n) is 8.46. The van der Waals surface area contributed by atoms with Gasteiger partial charge in [-0.1, -0.05) is 6.07 Å². The van der Waals surface area contributed by atoms with E-state index in [1.54, 1.807) is 6.07 Å². The molecule has 3 rings (SSSR count). The van der Waals surface area contributed by atoms with Crippen LogP contribution in [0.4, 0.5) is 0 Å². The van der Waals surface area contributed by atoms with Crippen molar-refractivity contribution in [3.63, 3.8) is 0 Å². The smallest absolute Gasteiger partial charge is 0.125 e. The van der Waals surface area contributed by atoms with Gasteiger partial charge < -0.3 is 15.1 Å². The third-order valence-corrected chi connectivity index (χ3v) is 4.82. The number of phenolic OH excluding ortho intramolecular Hbond substituents is 1. The number of phenols is 1. The molecule has 1 fully saturated rings. The Morgan fingerprint density at radius 1 is 1.21 bits per heavy atom. The van der Waals surface area contributed by atoms with Crippen LogP contribution in [0.25, 0.3) is 11.3 Å². The summed E-state index contributed by atoms with van der Waals surface area (Å²) in [6, 6.07) is 7.41. The van der Waals surface area contributed by atoms with Crippen LogP contribution in [0.3, 0.4) is 0 Å². The van der Waals surface area contributed by atoms with Gasteiger partial charge >= 0.3 is 0 Å². The van der Waals surface area contributed by atoms with Gasteiger partial charge in [-0.25, -0.2) is 0 Å². The number of benzene rings is 1. The highest BCUT2D eigenvalue weighted by molar-refractivity contribution is 5.69. The minimum absolute atomic E-state index is 0.191. The van der Waals surface area contributed by atoms with Gasteiger partial charge in [0.1, 0.15) is 11.9 Å². The zero-order chi connectivity index (χ0) is 17.3.